The molecule has 0 radical (unpaired) electrons. The van der Waals surface area contributed by atoms with Crippen LogP contribution >= 0.6 is 0 Å². The van der Waals surface area contributed by atoms with Crippen LogP contribution in [-0.2, 0) is 10.0 Å². The van der Waals surface area contributed by atoms with Gasteiger partial charge < -0.3 is 9.84 Å². The van der Waals surface area contributed by atoms with E-state index in [9.17, 15) is 8.42 Å². The number of hydrogen-bond acceptors (Lipinski definition) is 4. The smallest absolute Gasteiger partial charge is 0.241 e. The molecule has 19 heavy (non-hydrogen) atoms. The molecule has 0 spiro atoms. The van der Waals surface area contributed by atoms with Gasteiger partial charge in [-0.1, -0.05) is 6.92 Å². The molecule has 6 heteroatoms. The summed E-state index contributed by atoms with van der Waals surface area (Å²) in [7, 11) is -2.07. The van der Waals surface area contributed by atoms with E-state index in [1.165, 1.54) is 19.2 Å². The van der Waals surface area contributed by atoms with Gasteiger partial charge in [0.2, 0.25) is 10.0 Å². The Bertz CT molecular complexity index is 498. The van der Waals surface area contributed by atoms with E-state index < -0.39 is 15.6 Å². The zero-order valence-corrected chi connectivity index (χ0v) is 12.3. The Balaban J connectivity index is 2.96. The Morgan fingerprint density at radius 2 is 1.89 bits per heavy atom. The van der Waals surface area contributed by atoms with Crippen molar-refractivity contribution < 1.29 is 18.3 Å². The summed E-state index contributed by atoms with van der Waals surface area (Å²) < 4.78 is 32.1. The SMILES string of the molecule is CCC(C)(CCO)NS(=O)(=O)c1ccc(OC)cc1. The summed E-state index contributed by atoms with van der Waals surface area (Å²) in [5.41, 5.74) is -0.645. The van der Waals surface area contributed by atoms with Crippen LogP contribution in [0.5, 0.6) is 5.75 Å². The topological polar surface area (TPSA) is 75.6 Å². The van der Waals surface area contributed by atoms with E-state index in [1.807, 2.05) is 6.92 Å². The van der Waals surface area contributed by atoms with Crippen molar-refractivity contribution in [3.63, 3.8) is 0 Å². The first-order chi connectivity index (χ1) is 8.87. The number of rotatable bonds is 7. The van der Waals surface area contributed by atoms with Crippen LogP contribution in [0.25, 0.3) is 0 Å². The van der Waals surface area contributed by atoms with Gasteiger partial charge in [0.25, 0.3) is 0 Å². The summed E-state index contributed by atoms with van der Waals surface area (Å²) in [6.45, 7) is 3.60. The summed E-state index contributed by atoms with van der Waals surface area (Å²) >= 11 is 0. The monoisotopic (exact) mass is 287 g/mol. The normalized spacial score (nSPS) is 14.9. The number of hydrogen-bond donors (Lipinski definition) is 2. The summed E-state index contributed by atoms with van der Waals surface area (Å²) in [6.07, 6.45) is 0.974. The zero-order chi connectivity index (χ0) is 14.5. The van der Waals surface area contributed by atoms with Crippen molar-refractivity contribution in [3.05, 3.63) is 24.3 Å². The molecule has 2 N–H and O–H groups in total. The van der Waals surface area contributed by atoms with Crippen LogP contribution in [0.4, 0.5) is 0 Å². The molecular weight excluding hydrogens is 266 g/mol. The Kier molecular flexibility index (Phi) is 5.34. The minimum atomic E-state index is -3.59. The van der Waals surface area contributed by atoms with E-state index in [0.717, 1.165) is 0 Å². The second kappa shape index (κ2) is 6.36. The van der Waals surface area contributed by atoms with Crippen LogP contribution in [0.2, 0.25) is 0 Å². The fourth-order valence-corrected chi connectivity index (χ4v) is 3.19. The van der Waals surface area contributed by atoms with Crippen LogP contribution in [0.3, 0.4) is 0 Å². The summed E-state index contributed by atoms with van der Waals surface area (Å²) in [4.78, 5) is 0.186. The van der Waals surface area contributed by atoms with Crippen molar-refractivity contribution in [2.45, 2.75) is 37.1 Å². The van der Waals surface area contributed by atoms with Crippen molar-refractivity contribution in [2.24, 2.45) is 0 Å². The second-order valence-corrected chi connectivity index (χ2v) is 6.35. The molecule has 108 valence electrons. The number of ether oxygens (including phenoxy) is 1. The Morgan fingerprint density at radius 1 is 1.32 bits per heavy atom. The Hall–Kier alpha value is -1.11. The van der Waals surface area contributed by atoms with Crippen molar-refractivity contribution in [1.29, 1.82) is 0 Å². The minimum Gasteiger partial charge on any atom is -0.497 e. The lowest BCUT2D eigenvalue weighted by molar-refractivity contribution is 0.233. The molecule has 1 atom stereocenters. The molecule has 5 nitrogen and oxygen atoms in total. The fourth-order valence-electron chi connectivity index (χ4n) is 1.68. The zero-order valence-electron chi connectivity index (χ0n) is 11.5. The molecule has 1 aromatic carbocycles. The van der Waals surface area contributed by atoms with Gasteiger partial charge in [-0.2, -0.15) is 0 Å². The largest absolute Gasteiger partial charge is 0.497 e. The van der Waals surface area contributed by atoms with E-state index in [1.54, 1.807) is 19.1 Å². The predicted octanol–water partition coefficient (Wildman–Crippen LogP) is 1.52. The molecule has 0 saturated carbocycles. The van der Waals surface area contributed by atoms with Gasteiger partial charge in [0.1, 0.15) is 5.75 Å². The molecule has 1 unspecified atom stereocenters. The number of aliphatic hydroxyl groups is 1. The van der Waals surface area contributed by atoms with Gasteiger partial charge in [-0.25, -0.2) is 13.1 Å². The van der Waals surface area contributed by atoms with E-state index >= 15 is 0 Å². The summed E-state index contributed by atoms with van der Waals surface area (Å²) in [5, 5.41) is 9.02. The molecule has 1 aromatic rings. The molecule has 0 amide bonds. The lowest BCUT2D eigenvalue weighted by Crippen LogP contribution is -2.46. The fraction of sp³-hybridized carbons (Fsp3) is 0.538. The van der Waals surface area contributed by atoms with Crippen molar-refractivity contribution in [1.82, 2.24) is 4.72 Å². The highest BCUT2D eigenvalue weighted by Gasteiger charge is 2.28. The van der Waals surface area contributed by atoms with Crippen LogP contribution in [0.15, 0.2) is 29.2 Å². The average Bonchev–Trinajstić information content (AvgIpc) is 2.38. The first kappa shape index (κ1) is 15.9. The molecule has 0 aromatic heterocycles. The van der Waals surface area contributed by atoms with Gasteiger partial charge in [0, 0.05) is 12.1 Å². The molecule has 0 bridgehead atoms. The van der Waals surface area contributed by atoms with Gasteiger partial charge >= 0.3 is 0 Å². The van der Waals surface area contributed by atoms with Crippen LogP contribution < -0.4 is 9.46 Å². The van der Waals surface area contributed by atoms with Gasteiger partial charge in [-0.15, -0.1) is 0 Å². The average molecular weight is 287 g/mol. The van der Waals surface area contributed by atoms with Gasteiger partial charge in [-0.3, -0.25) is 0 Å². The van der Waals surface area contributed by atoms with Crippen LogP contribution in [-0.4, -0.2) is 32.8 Å². The third kappa shape index (κ3) is 4.19. The van der Waals surface area contributed by atoms with E-state index in [4.69, 9.17) is 9.84 Å². The highest BCUT2D eigenvalue weighted by Crippen LogP contribution is 2.20. The van der Waals surface area contributed by atoms with E-state index in [-0.39, 0.29) is 11.5 Å². The minimum absolute atomic E-state index is 0.0600. The molecule has 1 rings (SSSR count). The van der Waals surface area contributed by atoms with E-state index in [0.29, 0.717) is 18.6 Å². The molecule has 0 aliphatic heterocycles. The molecule has 0 aliphatic rings. The van der Waals surface area contributed by atoms with Gasteiger partial charge in [0.05, 0.1) is 12.0 Å². The standard InChI is InChI=1S/C13H21NO4S/c1-4-13(2,9-10-15)14-19(16,17)12-7-5-11(18-3)6-8-12/h5-8,14-15H,4,9-10H2,1-3H3. The van der Waals surface area contributed by atoms with Gasteiger partial charge in [-0.05, 0) is 44.0 Å². The van der Waals surface area contributed by atoms with Crippen molar-refractivity contribution >= 4 is 10.0 Å². The quantitative estimate of drug-likeness (QED) is 0.797. The maximum Gasteiger partial charge on any atom is 0.241 e. The number of benzene rings is 1. The summed E-state index contributed by atoms with van der Waals surface area (Å²) in [5.74, 6) is 0.604. The van der Waals surface area contributed by atoms with Crippen molar-refractivity contribution in [3.8, 4) is 5.75 Å². The first-order valence-corrected chi connectivity index (χ1v) is 7.64. The number of aliphatic hydroxyl groups excluding tert-OH is 1. The lowest BCUT2D eigenvalue weighted by atomic mass is 9.97. The lowest BCUT2D eigenvalue weighted by Gasteiger charge is -2.28. The third-order valence-corrected chi connectivity index (χ3v) is 4.85. The van der Waals surface area contributed by atoms with Crippen LogP contribution in [0.1, 0.15) is 26.7 Å². The summed E-state index contributed by atoms with van der Waals surface area (Å²) in [6, 6.07) is 6.19. The van der Waals surface area contributed by atoms with E-state index in [2.05, 4.69) is 4.72 Å². The maximum absolute atomic E-state index is 12.2. The number of sulfonamides is 1. The highest BCUT2D eigenvalue weighted by atomic mass is 32.2. The number of nitrogens with one attached hydrogen (secondary N) is 1. The molecule has 0 fully saturated rings. The number of methoxy groups -OCH3 is 1. The van der Waals surface area contributed by atoms with Crippen molar-refractivity contribution in [2.75, 3.05) is 13.7 Å². The predicted molar refractivity (Wildman–Crippen MR) is 73.7 cm³/mol. The van der Waals surface area contributed by atoms with Crippen LogP contribution in [0, 0.1) is 0 Å². The molecular formula is C13H21NO4S. The molecule has 0 saturated heterocycles. The maximum atomic E-state index is 12.2. The Labute approximate surface area is 114 Å². The van der Waals surface area contributed by atoms with Gasteiger partial charge in [0.15, 0.2) is 0 Å². The first-order valence-electron chi connectivity index (χ1n) is 6.16. The Morgan fingerprint density at radius 3 is 2.32 bits per heavy atom. The molecule has 0 heterocycles. The highest BCUT2D eigenvalue weighted by molar-refractivity contribution is 7.89. The molecule has 0 aliphatic carbocycles. The third-order valence-electron chi connectivity index (χ3n) is 3.19. The second-order valence-electron chi connectivity index (χ2n) is 4.67.